The molecule has 0 amide bonds. The second kappa shape index (κ2) is 34.2. The zero-order valence-electron chi connectivity index (χ0n) is 55.0. The molecule has 4 aromatic carbocycles. The van der Waals surface area contributed by atoms with Gasteiger partial charge in [0.15, 0.2) is 62.9 Å². The number of carboxylic acids is 1. The lowest BCUT2D eigenvalue weighted by atomic mass is 9.99. The Morgan fingerprint density at radius 1 is 0.374 bits per heavy atom. The maximum Gasteiger partial charge on any atom is 0.330 e. The van der Waals surface area contributed by atoms with E-state index >= 15 is 0 Å². The van der Waals surface area contributed by atoms with Crippen LogP contribution in [-0.2, 0) is 61.9 Å². The summed E-state index contributed by atoms with van der Waals surface area (Å²) in [5, 5.41) is 200. The SMILES string of the molecule is O=C(O)CC(=O)OC[C@H]1O[C@@H](Oc2cc3c(=O)cc(O[C@@H]4O[C@H](COC(=O)/C=C/c5ccc(O[C@@H]6O[C@H](COC(=O)C=Cc7ccc(O)c(O)c7)[C@@H](O)[C@H](O)[C@H]6O)c(O)c5)[C@@H](O)[C@H](O)[C@H]4O)cc-3oc2-c2ccc(O)c(O[C@@H]3O[C@H](COC(=O)C=Cc4ccc(O)c(O)c4)[C@@H](O)[C@H](O)[C@H]3O)c2)[C@H](O)[C@@H](O)[C@@H]1O. The lowest BCUT2D eigenvalue weighted by Crippen LogP contribution is -2.60. The van der Waals surface area contributed by atoms with Gasteiger partial charge in [-0.3, -0.25) is 14.4 Å². The second-order valence-electron chi connectivity index (χ2n) is 24.4. The number of hydrogen-bond donors (Lipinski definition) is 19. The minimum atomic E-state index is -2.16. The standard InChI is InChI=1S/C69H70O38/c70-33-8-1-27(15-37(33)74)4-12-49(79)96-24-45-54(84)58(88)62(92)67(105-45)101-40-11-3-29(17-39(40)76)6-14-51(81)95-23-44-53(83)57(87)61(91)66(104-44)99-31-19-36(73)32-21-43(103-69-64(94)60(90)56(86)47(107-69)26-98-52(82)22-48(77)78)65(100-41(32)20-31)30-7-10-35(72)42(18-30)102-68-63(93)59(89)55(85)46(106-68)25-97-50(80)13-5-28-2-9-34(71)38(75)16-28/h1-21,44-47,53-64,66-72,74-76,83-94H,22-26H2,(H,77,78)/b12-4?,13-5?,14-6+/t44-,45-,46-,47-,53-,54-,55-,56-,57+,58+,59+,60+,61-,62-,63-,64-,66-,67-,68-,69-/m1/s1. The van der Waals surface area contributed by atoms with Gasteiger partial charge in [0.05, 0.1) is 5.56 Å². The molecule has 6 aliphatic rings. The average Bonchev–Trinajstić information content (AvgIpc) is 0.766. The number of fused-ring (bicyclic) bond motifs is 1. The monoisotopic (exact) mass is 1510 g/mol. The van der Waals surface area contributed by atoms with Crippen molar-refractivity contribution < 1.29 is 182 Å². The fourth-order valence-corrected chi connectivity index (χ4v) is 10.9. The van der Waals surface area contributed by atoms with Gasteiger partial charge < -0.3 is 158 Å². The van der Waals surface area contributed by atoms with Crippen molar-refractivity contribution in [1.29, 1.82) is 0 Å². The van der Waals surface area contributed by atoms with E-state index in [1.54, 1.807) is 0 Å². The highest BCUT2D eigenvalue weighted by Gasteiger charge is 2.50. The molecule has 4 aromatic rings. The molecule has 0 bridgehead atoms. The molecule has 4 saturated heterocycles. The summed E-state index contributed by atoms with van der Waals surface area (Å²) in [5.74, 6) is -11.9. The van der Waals surface area contributed by atoms with E-state index < -0.39 is 254 Å². The molecule has 38 heteroatoms. The van der Waals surface area contributed by atoms with Crippen molar-refractivity contribution in [3.05, 3.63) is 136 Å². The lowest BCUT2D eigenvalue weighted by molar-refractivity contribution is -0.278. The van der Waals surface area contributed by atoms with Crippen LogP contribution >= 0.6 is 0 Å². The van der Waals surface area contributed by atoms with Crippen LogP contribution in [0.5, 0.6) is 57.5 Å². The lowest BCUT2D eigenvalue weighted by Gasteiger charge is -2.40. The van der Waals surface area contributed by atoms with E-state index in [9.17, 15) is 121 Å². The van der Waals surface area contributed by atoms with E-state index in [4.69, 9.17) is 66.4 Å². The predicted molar refractivity (Wildman–Crippen MR) is 349 cm³/mol. The number of carbonyl (C=O) groups excluding carboxylic acids is 4. The van der Waals surface area contributed by atoms with E-state index in [1.807, 2.05) is 0 Å². The first-order valence-electron chi connectivity index (χ1n) is 32.0. The minimum absolute atomic E-state index is 0.127. The van der Waals surface area contributed by atoms with Crippen molar-refractivity contribution >= 4 is 48.1 Å². The van der Waals surface area contributed by atoms with Crippen molar-refractivity contribution in [2.24, 2.45) is 0 Å². The molecule has 0 radical (unpaired) electrons. The largest absolute Gasteiger partial charge is 0.504 e. The Morgan fingerprint density at radius 2 is 0.757 bits per heavy atom. The molecule has 0 spiro atoms. The van der Waals surface area contributed by atoms with Gasteiger partial charge in [-0.15, -0.1) is 0 Å². The van der Waals surface area contributed by atoms with Gasteiger partial charge in [0.1, 0.15) is 142 Å². The van der Waals surface area contributed by atoms with E-state index in [2.05, 4.69) is 0 Å². The molecule has 1 aliphatic carbocycles. The van der Waals surface area contributed by atoms with Crippen LogP contribution in [-0.4, -0.2) is 276 Å². The number of aromatic hydroxyl groups is 6. The van der Waals surface area contributed by atoms with Crippen molar-refractivity contribution in [2.45, 2.75) is 129 Å². The van der Waals surface area contributed by atoms with Gasteiger partial charge >= 0.3 is 29.8 Å². The molecule has 574 valence electrons. The number of esters is 4. The van der Waals surface area contributed by atoms with Crippen LogP contribution in [0.1, 0.15) is 23.1 Å². The number of ether oxygens (including phenoxy) is 12. The first-order chi connectivity index (χ1) is 50.8. The Kier molecular flexibility index (Phi) is 25.2. The number of aliphatic hydroxyl groups is 12. The van der Waals surface area contributed by atoms with Crippen LogP contribution < -0.4 is 24.4 Å². The maximum atomic E-state index is 14.1. The number of aliphatic hydroxyl groups excluding tert-OH is 12. The van der Waals surface area contributed by atoms with Gasteiger partial charge in [0.2, 0.25) is 25.2 Å². The van der Waals surface area contributed by atoms with Gasteiger partial charge in [-0.2, -0.15) is 0 Å². The highest BCUT2D eigenvalue weighted by Crippen LogP contribution is 2.43. The van der Waals surface area contributed by atoms with Crippen molar-refractivity contribution in [3.63, 3.8) is 0 Å². The summed E-state index contributed by atoms with van der Waals surface area (Å²) in [4.78, 5) is 75.5. The summed E-state index contributed by atoms with van der Waals surface area (Å²) in [7, 11) is 0. The number of phenolic OH excluding ortho intramolecular Hbond substituents is 6. The maximum absolute atomic E-state index is 14.1. The third-order valence-electron chi connectivity index (χ3n) is 16.8. The summed E-state index contributed by atoms with van der Waals surface area (Å²) in [6, 6.07) is 16.9. The van der Waals surface area contributed by atoms with Gasteiger partial charge in [-0.05, 0) is 95.6 Å². The molecular weight excluding hydrogens is 1440 g/mol. The molecule has 38 nitrogen and oxygen atoms in total. The number of carbonyl (C=O) groups is 5. The first kappa shape index (κ1) is 78.8. The highest BCUT2D eigenvalue weighted by atomic mass is 16.7. The van der Waals surface area contributed by atoms with Gasteiger partial charge in [-0.25, -0.2) is 14.4 Å². The third-order valence-corrected chi connectivity index (χ3v) is 16.8. The average molecular weight is 1510 g/mol. The third kappa shape index (κ3) is 19.1. The summed E-state index contributed by atoms with van der Waals surface area (Å²) in [6.07, 6.45) is -33.2. The summed E-state index contributed by atoms with van der Waals surface area (Å²) in [6.45, 7) is -3.19. The van der Waals surface area contributed by atoms with Crippen LogP contribution in [0.15, 0.2) is 118 Å². The molecule has 20 atom stereocenters. The molecular formula is C69H70O38. The summed E-state index contributed by atoms with van der Waals surface area (Å²) < 4.78 is 72.6. The molecule has 4 fully saturated rings. The second-order valence-corrected chi connectivity index (χ2v) is 24.4. The summed E-state index contributed by atoms with van der Waals surface area (Å²) in [5.41, 5.74) is -0.865. The molecule has 0 aromatic heterocycles. The van der Waals surface area contributed by atoms with E-state index in [0.717, 1.165) is 91.0 Å². The Morgan fingerprint density at radius 3 is 1.18 bits per heavy atom. The van der Waals surface area contributed by atoms with Crippen LogP contribution in [0.3, 0.4) is 0 Å². The number of aliphatic carboxylic acids is 1. The zero-order valence-corrected chi connectivity index (χ0v) is 55.0. The van der Waals surface area contributed by atoms with Crippen molar-refractivity contribution in [3.8, 4) is 80.1 Å². The normalized spacial score (nSPS) is 28.8. The Hall–Kier alpha value is -10.8. The Bertz CT molecular complexity index is 4300. The van der Waals surface area contributed by atoms with E-state index in [-0.39, 0.29) is 28.0 Å². The fourth-order valence-electron chi connectivity index (χ4n) is 10.9. The number of hydrogen-bond acceptors (Lipinski definition) is 37. The van der Waals surface area contributed by atoms with Gasteiger partial charge in [-0.1, -0.05) is 18.2 Å². The Labute approximate surface area is 600 Å². The quantitative estimate of drug-likeness (QED) is 0.00904. The first-order valence-corrected chi connectivity index (χ1v) is 32.0. The topological polar surface area (TPSA) is 611 Å². The number of rotatable bonds is 25. The van der Waals surface area contributed by atoms with Crippen LogP contribution in [0.2, 0.25) is 0 Å². The van der Waals surface area contributed by atoms with Crippen molar-refractivity contribution in [2.75, 3.05) is 26.4 Å². The van der Waals surface area contributed by atoms with Gasteiger partial charge in [0.25, 0.3) is 0 Å². The smallest absolute Gasteiger partial charge is 0.330 e. The van der Waals surface area contributed by atoms with Crippen LogP contribution in [0.4, 0.5) is 0 Å². The molecule has 107 heavy (non-hydrogen) atoms. The summed E-state index contributed by atoms with van der Waals surface area (Å²) >= 11 is 0. The Balaban J connectivity index is 0.829. The molecule has 0 saturated carbocycles. The van der Waals surface area contributed by atoms with Crippen molar-refractivity contribution in [1.82, 2.24) is 0 Å². The minimum Gasteiger partial charge on any atom is -0.504 e. The number of carboxylic acid groups (broad SMARTS) is 1. The molecule has 0 unspecified atom stereocenters. The van der Waals surface area contributed by atoms with E-state index in [0.29, 0.717) is 5.56 Å². The number of phenols is 6. The zero-order chi connectivity index (χ0) is 77.4. The molecule has 10 rings (SSSR count). The number of benzene rings is 5. The molecule has 19 N–H and O–H groups in total. The predicted octanol–water partition coefficient (Wildman–Crippen LogP) is -2.82. The molecule has 5 heterocycles. The highest BCUT2D eigenvalue weighted by molar-refractivity contribution is 5.90. The van der Waals surface area contributed by atoms with Crippen LogP contribution in [0, 0.1) is 0 Å². The fraction of sp³-hybridized carbons (Fsp3) is 0.362. The molecule has 5 aliphatic heterocycles. The van der Waals surface area contributed by atoms with E-state index in [1.165, 1.54) is 36.4 Å². The van der Waals surface area contributed by atoms with Crippen LogP contribution in [0.25, 0.3) is 40.9 Å². The van der Waals surface area contributed by atoms with Gasteiger partial charge in [0, 0.05) is 35.9 Å².